The Labute approximate surface area is 155 Å². The van der Waals surface area contributed by atoms with Gasteiger partial charge in [-0.05, 0) is 30.7 Å². The molecular weight excluding hydrogens is 354 g/mol. The minimum atomic E-state index is -0.181. The van der Waals surface area contributed by atoms with Crippen LogP contribution in [0.4, 0.5) is 0 Å². The van der Waals surface area contributed by atoms with Crippen LogP contribution in [-0.2, 0) is 4.79 Å². The van der Waals surface area contributed by atoms with Gasteiger partial charge in [0.1, 0.15) is 10.1 Å². The molecule has 0 radical (unpaired) electrons. The molecule has 0 saturated carbocycles. The molecule has 6 heteroatoms. The standard InChI is InChI=1S/C19H15NO3S2/c1-12-2-6-14(7-3-12)16(21)11-23-15-8-4-13(5-9-15)10-17-18(22)20-19(24)25-17/h2-10H,11H2,1H3,(H,20,22,24)/b17-10-. The first-order valence-electron chi connectivity index (χ1n) is 7.59. The average molecular weight is 369 g/mol. The van der Waals surface area contributed by atoms with Gasteiger partial charge in [0, 0.05) is 5.56 Å². The normalized spacial score (nSPS) is 15.3. The molecule has 25 heavy (non-hydrogen) atoms. The minimum Gasteiger partial charge on any atom is -0.485 e. The van der Waals surface area contributed by atoms with Crippen LogP contribution in [0, 0.1) is 6.92 Å². The summed E-state index contributed by atoms with van der Waals surface area (Å²) in [5, 5.41) is 2.58. The van der Waals surface area contributed by atoms with Crippen LogP contribution in [0.3, 0.4) is 0 Å². The third kappa shape index (κ3) is 4.55. The molecule has 1 saturated heterocycles. The molecule has 0 aromatic heterocycles. The third-order valence-corrected chi connectivity index (χ3v) is 4.73. The minimum absolute atomic E-state index is 0.0178. The Hall–Kier alpha value is -2.44. The van der Waals surface area contributed by atoms with Crippen LogP contribution >= 0.6 is 24.0 Å². The Morgan fingerprint density at radius 2 is 1.84 bits per heavy atom. The van der Waals surface area contributed by atoms with Crippen molar-refractivity contribution in [1.82, 2.24) is 5.32 Å². The number of thioether (sulfide) groups is 1. The van der Waals surface area contributed by atoms with Crippen LogP contribution < -0.4 is 10.1 Å². The molecule has 3 rings (SSSR count). The lowest BCUT2D eigenvalue weighted by molar-refractivity contribution is -0.115. The van der Waals surface area contributed by atoms with E-state index in [9.17, 15) is 9.59 Å². The SMILES string of the molecule is Cc1ccc(C(=O)COc2ccc(/C=C3\SC(=S)NC3=O)cc2)cc1. The number of ketones is 1. The van der Waals surface area contributed by atoms with Gasteiger partial charge in [0.15, 0.2) is 12.4 Å². The number of hydrogen-bond acceptors (Lipinski definition) is 5. The van der Waals surface area contributed by atoms with E-state index in [1.54, 1.807) is 30.3 Å². The van der Waals surface area contributed by atoms with Crippen molar-refractivity contribution in [3.63, 3.8) is 0 Å². The van der Waals surface area contributed by atoms with E-state index >= 15 is 0 Å². The Balaban J connectivity index is 1.60. The Bertz CT molecular complexity index is 855. The van der Waals surface area contributed by atoms with E-state index in [-0.39, 0.29) is 18.3 Å². The van der Waals surface area contributed by atoms with Gasteiger partial charge >= 0.3 is 0 Å². The summed E-state index contributed by atoms with van der Waals surface area (Å²) in [6, 6.07) is 14.6. The van der Waals surface area contributed by atoms with Crippen molar-refractivity contribution in [2.75, 3.05) is 6.61 Å². The van der Waals surface area contributed by atoms with Crippen LogP contribution in [-0.4, -0.2) is 22.6 Å². The van der Waals surface area contributed by atoms with E-state index in [1.807, 2.05) is 31.2 Å². The van der Waals surface area contributed by atoms with Gasteiger partial charge in [-0.25, -0.2) is 0 Å². The maximum atomic E-state index is 12.1. The van der Waals surface area contributed by atoms with Crippen molar-refractivity contribution in [3.05, 3.63) is 70.1 Å². The van der Waals surface area contributed by atoms with Gasteiger partial charge in [0.2, 0.25) is 0 Å². The number of carbonyl (C=O) groups is 2. The van der Waals surface area contributed by atoms with Gasteiger partial charge in [-0.1, -0.05) is 65.9 Å². The molecule has 1 amide bonds. The molecule has 1 fully saturated rings. The number of benzene rings is 2. The molecule has 0 aliphatic carbocycles. The summed E-state index contributed by atoms with van der Waals surface area (Å²) in [6.07, 6.45) is 1.76. The van der Waals surface area contributed by atoms with Crippen molar-refractivity contribution in [3.8, 4) is 5.75 Å². The summed E-state index contributed by atoms with van der Waals surface area (Å²) in [7, 11) is 0. The van der Waals surface area contributed by atoms with Crippen LogP contribution in [0.2, 0.25) is 0 Å². The summed E-state index contributed by atoms with van der Waals surface area (Å²) in [4.78, 5) is 24.3. The molecular formula is C19H15NO3S2. The molecule has 4 nitrogen and oxygen atoms in total. The van der Waals surface area contributed by atoms with E-state index in [2.05, 4.69) is 5.32 Å². The van der Waals surface area contributed by atoms with Crippen molar-refractivity contribution in [2.45, 2.75) is 6.92 Å². The van der Waals surface area contributed by atoms with Gasteiger partial charge in [-0.2, -0.15) is 0 Å². The fourth-order valence-corrected chi connectivity index (χ4v) is 3.25. The second kappa shape index (κ2) is 7.63. The number of hydrogen-bond donors (Lipinski definition) is 1. The molecule has 2 aromatic carbocycles. The van der Waals surface area contributed by atoms with Crippen LogP contribution in [0.5, 0.6) is 5.75 Å². The van der Waals surface area contributed by atoms with E-state index in [0.29, 0.717) is 20.5 Å². The summed E-state index contributed by atoms with van der Waals surface area (Å²) in [5.74, 6) is 0.347. The quantitative estimate of drug-likeness (QED) is 0.494. The summed E-state index contributed by atoms with van der Waals surface area (Å²) >= 11 is 6.20. The Morgan fingerprint density at radius 1 is 1.16 bits per heavy atom. The maximum absolute atomic E-state index is 12.1. The number of carbonyl (C=O) groups excluding carboxylic acids is 2. The van der Waals surface area contributed by atoms with Crippen molar-refractivity contribution in [1.29, 1.82) is 0 Å². The summed E-state index contributed by atoms with van der Waals surface area (Å²) in [5.41, 5.74) is 2.60. The third-order valence-electron chi connectivity index (χ3n) is 3.56. The second-order valence-corrected chi connectivity index (χ2v) is 7.22. The van der Waals surface area contributed by atoms with Crippen LogP contribution in [0.25, 0.3) is 6.08 Å². The highest BCUT2D eigenvalue weighted by molar-refractivity contribution is 8.26. The Morgan fingerprint density at radius 3 is 2.44 bits per heavy atom. The van der Waals surface area contributed by atoms with E-state index in [4.69, 9.17) is 17.0 Å². The Kier molecular flexibility index (Phi) is 5.31. The highest BCUT2D eigenvalue weighted by Crippen LogP contribution is 2.26. The largest absolute Gasteiger partial charge is 0.485 e. The molecule has 0 spiro atoms. The fourth-order valence-electron chi connectivity index (χ4n) is 2.20. The number of amides is 1. The lowest BCUT2D eigenvalue weighted by Gasteiger charge is -2.06. The molecule has 0 atom stereocenters. The van der Waals surface area contributed by atoms with E-state index < -0.39 is 0 Å². The molecule has 0 unspecified atom stereocenters. The fraction of sp³-hybridized carbons (Fsp3) is 0.105. The number of thiocarbonyl (C=S) groups is 1. The van der Waals surface area contributed by atoms with Crippen molar-refractivity contribution < 1.29 is 14.3 Å². The van der Waals surface area contributed by atoms with Gasteiger partial charge in [-0.3, -0.25) is 9.59 Å². The first-order valence-corrected chi connectivity index (χ1v) is 8.81. The smallest absolute Gasteiger partial charge is 0.263 e. The zero-order valence-electron chi connectivity index (χ0n) is 13.4. The highest BCUT2D eigenvalue weighted by atomic mass is 32.2. The predicted molar refractivity (Wildman–Crippen MR) is 104 cm³/mol. The number of aryl methyl sites for hydroxylation is 1. The number of nitrogens with one attached hydrogen (secondary N) is 1. The first-order chi connectivity index (χ1) is 12.0. The molecule has 1 aliphatic heterocycles. The molecule has 0 bridgehead atoms. The molecule has 1 N–H and O–H groups in total. The monoisotopic (exact) mass is 369 g/mol. The van der Waals surface area contributed by atoms with Gasteiger partial charge in [0.25, 0.3) is 5.91 Å². The van der Waals surface area contributed by atoms with E-state index in [1.165, 1.54) is 11.8 Å². The molecule has 1 aliphatic rings. The summed E-state index contributed by atoms with van der Waals surface area (Å²) < 4.78 is 6.00. The van der Waals surface area contributed by atoms with Crippen molar-refractivity contribution >= 4 is 46.1 Å². The molecule has 2 aromatic rings. The van der Waals surface area contributed by atoms with Gasteiger partial charge in [-0.15, -0.1) is 0 Å². The van der Waals surface area contributed by atoms with Gasteiger partial charge in [0.05, 0.1) is 4.91 Å². The lowest BCUT2D eigenvalue weighted by Crippen LogP contribution is -2.17. The van der Waals surface area contributed by atoms with Crippen molar-refractivity contribution in [2.24, 2.45) is 0 Å². The van der Waals surface area contributed by atoms with E-state index in [0.717, 1.165) is 11.1 Å². The maximum Gasteiger partial charge on any atom is 0.263 e. The second-order valence-electron chi connectivity index (χ2n) is 5.50. The molecule has 1 heterocycles. The lowest BCUT2D eigenvalue weighted by atomic mass is 10.1. The number of ether oxygens (including phenoxy) is 1. The molecule has 126 valence electrons. The average Bonchev–Trinajstić information content (AvgIpc) is 2.92. The first kappa shape index (κ1) is 17.4. The topological polar surface area (TPSA) is 55.4 Å². The van der Waals surface area contributed by atoms with Gasteiger partial charge < -0.3 is 10.1 Å². The van der Waals surface area contributed by atoms with Crippen LogP contribution in [0.1, 0.15) is 21.5 Å². The van der Waals surface area contributed by atoms with Crippen LogP contribution in [0.15, 0.2) is 53.4 Å². The highest BCUT2D eigenvalue weighted by Gasteiger charge is 2.21. The zero-order chi connectivity index (χ0) is 17.8. The summed E-state index contributed by atoms with van der Waals surface area (Å²) in [6.45, 7) is 1.96. The number of Topliss-reactive ketones (excluding diaryl/α,β-unsaturated/α-hetero) is 1. The predicted octanol–water partition coefficient (Wildman–Crippen LogP) is 3.75. The zero-order valence-corrected chi connectivity index (χ0v) is 15.1. The number of rotatable bonds is 5.